The molecule has 1 aliphatic rings. The van der Waals surface area contributed by atoms with Gasteiger partial charge in [-0.1, -0.05) is 29.3 Å². The molecule has 128 valence electrons. The van der Waals surface area contributed by atoms with E-state index >= 15 is 0 Å². The highest BCUT2D eigenvalue weighted by molar-refractivity contribution is 5.77. The first-order chi connectivity index (χ1) is 11.0. The van der Waals surface area contributed by atoms with E-state index in [0.29, 0.717) is 19.6 Å². The van der Waals surface area contributed by atoms with E-state index in [1.165, 1.54) is 11.1 Å². The monoisotopic (exact) mass is 319 g/mol. The summed E-state index contributed by atoms with van der Waals surface area (Å²) in [7, 11) is 0. The summed E-state index contributed by atoms with van der Waals surface area (Å²) in [6.45, 7) is 11.4. The molecule has 0 aromatic heterocycles. The number of aliphatic hydroxyl groups is 1. The molecule has 0 radical (unpaired) electrons. The van der Waals surface area contributed by atoms with Crippen LogP contribution in [0, 0.1) is 13.8 Å². The van der Waals surface area contributed by atoms with Crippen molar-refractivity contribution >= 4 is 5.91 Å². The Labute approximate surface area is 139 Å². The fraction of sp³-hybridized carbons (Fsp3) is 0.611. The number of carbonyl (C=O) groups excluding carboxylic acids is 1. The van der Waals surface area contributed by atoms with E-state index in [2.05, 4.69) is 47.2 Å². The minimum absolute atomic E-state index is 0.0937. The van der Waals surface area contributed by atoms with Gasteiger partial charge in [-0.05, 0) is 26.3 Å². The number of aryl methyl sites for hydroxylation is 2. The Morgan fingerprint density at radius 1 is 1.13 bits per heavy atom. The second kappa shape index (κ2) is 8.43. The van der Waals surface area contributed by atoms with Gasteiger partial charge in [0.2, 0.25) is 5.91 Å². The smallest absolute Gasteiger partial charge is 0.234 e. The molecule has 0 spiro atoms. The van der Waals surface area contributed by atoms with Gasteiger partial charge >= 0.3 is 0 Å². The van der Waals surface area contributed by atoms with Crippen LogP contribution in [-0.4, -0.2) is 66.6 Å². The van der Waals surface area contributed by atoms with Gasteiger partial charge in [0.05, 0.1) is 12.6 Å². The zero-order valence-electron chi connectivity index (χ0n) is 14.5. The number of hydrogen-bond acceptors (Lipinski definition) is 4. The zero-order valence-corrected chi connectivity index (χ0v) is 14.5. The third-order valence-corrected chi connectivity index (χ3v) is 4.27. The first kappa shape index (κ1) is 17.9. The minimum atomic E-state index is -0.455. The Bertz CT molecular complexity index is 505. The molecule has 0 aliphatic carbocycles. The Morgan fingerprint density at radius 2 is 1.70 bits per heavy atom. The van der Waals surface area contributed by atoms with Crippen LogP contribution in [0.3, 0.4) is 0 Å². The van der Waals surface area contributed by atoms with Crippen molar-refractivity contribution in [3.8, 4) is 0 Å². The average Bonchev–Trinajstić information content (AvgIpc) is 2.48. The van der Waals surface area contributed by atoms with Gasteiger partial charge in [-0.15, -0.1) is 0 Å². The molecule has 5 nitrogen and oxygen atoms in total. The van der Waals surface area contributed by atoms with Gasteiger partial charge in [0.15, 0.2) is 0 Å². The second-order valence-electron chi connectivity index (χ2n) is 6.47. The molecule has 0 bridgehead atoms. The average molecular weight is 319 g/mol. The molecule has 1 aromatic carbocycles. The largest absolute Gasteiger partial charge is 0.387 e. The Hall–Kier alpha value is -1.43. The van der Waals surface area contributed by atoms with E-state index in [1.807, 2.05) is 6.92 Å². The van der Waals surface area contributed by atoms with Crippen molar-refractivity contribution in [1.29, 1.82) is 0 Å². The maximum atomic E-state index is 11.6. The number of amides is 1. The predicted molar refractivity (Wildman–Crippen MR) is 92.4 cm³/mol. The van der Waals surface area contributed by atoms with Crippen LogP contribution >= 0.6 is 0 Å². The minimum Gasteiger partial charge on any atom is -0.387 e. The van der Waals surface area contributed by atoms with Gasteiger partial charge in [-0.3, -0.25) is 14.6 Å². The zero-order chi connectivity index (χ0) is 16.8. The van der Waals surface area contributed by atoms with E-state index in [-0.39, 0.29) is 5.91 Å². The Balaban J connectivity index is 1.80. The molecule has 2 N–H and O–H groups in total. The van der Waals surface area contributed by atoms with Crippen LogP contribution in [0.4, 0.5) is 0 Å². The quantitative estimate of drug-likeness (QED) is 0.824. The number of benzene rings is 1. The summed E-state index contributed by atoms with van der Waals surface area (Å²) in [5, 5.41) is 13.3. The third kappa shape index (κ3) is 5.61. The normalized spacial score (nSPS) is 17.9. The van der Waals surface area contributed by atoms with Gasteiger partial charge in [-0.2, -0.15) is 0 Å². The topological polar surface area (TPSA) is 55.8 Å². The number of likely N-dealkylation sites (N-methyl/N-ethyl adjacent to an activating group) is 1. The van der Waals surface area contributed by atoms with Crippen molar-refractivity contribution in [3.63, 3.8) is 0 Å². The first-order valence-corrected chi connectivity index (χ1v) is 8.45. The lowest BCUT2D eigenvalue weighted by atomic mass is 10.0. The highest BCUT2D eigenvalue weighted by atomic mass is 16.3. The van der Waals surface area contributed by atoms with Crippen molar-refractivity contribution in [3.05, 3.63) is 34.9 Å². The molecule has 1 aromatic rings. The lowest BCUT2D eigenvalue weighted by Gasteiger charge is -2.35. The van der Waals surface area contributed by atoms with Crippen molar-refractivity contribution in [1.82, 2.24) is 15.1 Å². The number of nitrogens with one attached hydrogen (secondary N) is 1. The number of carbonyl (C=O) groups is 1. The molecule has 0 saturated carbocycles. The molecule has 1 saturated heterocycles. The lowest BCUT2D eigenvalue weighted by Crippen LogP contribution is -2.50. The maximum absolute atomic E-state index is 11.6. The van der Waals surface area contributed by atoms with Crippen LogP contribution in [0.25, 0.3) is 0 Å². The number of rotatable bonds is 6. The molecule has 1 unspecified atom stereocenters. The number of piperazine rings is 1. The van der Waals surface area contributed by atoms with Crippen molar-refractivity contribution in [2.75, 3.05) is 45.8 Å². The van der Waals surface area contributed by atoms with E-state index in [4.69, 9.17) is 0 Å². The summed E-state index contributed by atoms with van der Waals surface area (Å²) in [6, 6.07) is 6.24. The summed E-state index contributed by atoms with van der Waals surface area (Å²) in [5.74, 6) is 0.0937. The van der Waals surface area contributed by atoms with E-state index in [0.717, 1.165) is 31.7 Å². The first-order valence-electron chi connectivity index (χ1n) is 8.45. The summed E-state index contributed by atoms with van der Waals surface area (Å²) in [6.07, 6.45) is -0.455. The molecule has 1 amide bonds. The molecule has 23 heavy (non-hydrogen) atoms. The maximum Gasteiger partial charge on any atom is 0.234 e. The highest BCUT2D eigenvalue weighted by Crippen LogP contribution is 2.18. The third-order valence-electron chi connectivity index (χ3n) is 4.27. The summed E-state index contributed by atoms with van der Waals surface area (Å²) in [4.78, 5) is 16.1. The molecule has 1 fully saturated rings. The van der Waals surface area contributed by atoms with Gasteiger partial charge < -0.3 is 10.4 Å². The summed E-state index contributed by atoms with van der Waals surface area (Å²) < 4.78 is 0. The van der Waals surface area contributed by atoms with Crippen molar-refractivity contribution in [2.24, 2.45) is 0 Å². The standard InChI is InChI=1S/C18H29N3O2/c1-4-19-18(23)13-21-7-5-20(6-8-21)12-17(22)16-10-14(2)9-15(3)11-16/h9-11,17,22H,4-8,12-13H2,1-3H3,(H,19,23). The SMILES string of the molecule is CCNC(=O)CN1CCN(CC(O)c2cc(C)cc(C)c2)CC1. The van der Waals surface area contributed by atoms with Gasteiger partial charge in [0.1, 0.15) is 0 Å². The van der Waals surface area contributed by atoms with Gasteiger partial charge in [0, 0.05) is 39.3 Å². The van der Waals surface area contributed by atoms with Crippen molar-refractivity contribution in [2.45, 2.75) is 26.9 Å². The molecular weight excluding hydrogens is 290 g/mol. The Kier molecular flexibility index (Phi) is 6.57. The second-order valence-corrected chi connectivity index (χ2v) is 6.47. The van der Waals surface area contributed by atoms with Crippen LogP contribution in [-0.2, 0) is 4.79 Å². The highest BCUT2D eigenvalue weighted by Gasteiger charge is 2.21. The summed E-state index contributed by atoms with van der Waals surface area (Å²) in [5.41, 5.74) is 3.36. The molecule has 5 heteroatoms. The Morgan fingerprint density at radius 3 is 2.26 bits per heavy atom. The number of hydrogen-bond donors (Lipinski definition) is 2. The van der Waals surface area contributed by atoms with E-state index in [9.17, 15) is 9.90 Å². The number of aliphatic hydroxyl groups excluding tert-OH is 1. The molecule has 1 atom stereocenters. The number of nitrogens with zero attached hydrogens (tertiary/aromatic N) is 2. The van der Waals surface area contributed by atoms with Gasteiger partial charge in [0.25, 0.3) is 0 Å². The molecular formula is C18H29N3O2. The molecule has 1 heterocycles. The van der Waals surface area contributed by atoms with E-state index < -0.39 is 6.10 Å². The van der Waals surface area contributed by atoms with Gasteiger partial charge in [-0.25, -0.2) is 0 Å². The number of β-amino-alcohol motifs (C(OH)–C–C–N with tert-alkyl or cyclic N) is 1. The van der Waals surface area contributed by atoms with Crippen LogP contribution in [0.5, 0.6) is 0 Å². The van der Waals surface area contributed by atoms with Crippen LogP contribution < -0.4 is 5.32 Å². The molecule has 2 rings (SSSR count). The van der Waals surface area contributed by atoms with Crippen LogP contribution in [0.1, 0.15) is 29.7 Å². The molecule has 1 aliphatic heterocycles. The van der Waals surface area contributed by atoms with Crippen LogP contribution in [0.15, 0.2) is 18.2 Å². The lowest BCUT2D eigenvalue weighted by molar-refractivity contribution is -0.122. The van der Waals surface area contributed by atoms with E-state index in [1.54, 1.807) is 0 Å². The van der Waals surface area contributed by atoms with Crippen LogP contribution in [0.2, 0.25) is 0 Å². The summed E-state index contributed by atoms with van der Waals surface area (Å²) >= 11 is 0. The fourth-order valence-corrected chi connectivity index (χ4v) is 3.14. The van der Waals surface area contributed by atoms with Crippen molar-refractivity contribution < 1.29 is 9.90 Å². The predicted octanol–water partition coefficient (Wildman–Crippen LogP) is 1.09. The fourth-order valence-electron chi connectivity index (χ4n) is 3.14.